The standard InChI is InChI=1S/C22H28F3N3O2/c1-3-11-30-12-6-5-10-18-16(4-2)22(28-19(14-29)27-18)26-13-15-8-7-9-17(20(15)23)21(24)25/h7-9,13,21,29H,3-6,10-12,14H2,1-2H3. The highest BCUT2D eigenvalue weighted by molar-refractivity contribution is 5.82. The third-order valence-electron chi connectivity index (χ3n) is 4.53. The van der Waals surface area contributed by atoms with E-state index in [1.165, 1.54) is 18.3 Å². The monoisotopic (exact) mass is 423 g/mol. The molecule has 0 spiro atoms. The molecule has 1 heterocycles. The molecule has 30 heavy (non-hydrogen) atoms. The number of benzene rings is 1. The van der Waals surface area contributed by atoms with Crippen LogP contribution in [-0.4, -0.2) is 34.5 Å². The Hall–Kier alpha value is -2.32. The summed E-state index contributed by atoms with van der Waals surface area (Å²) in [6, 6.07) is 3.78. The summed E-state index contributed by atoms with van der Waals surface area (Å²) in [7, 11) is 0. The number of aromatic nitrogens is 2. The number of halogens is 3. The molecule has 1 aromatic carbocycles. The molecule has 8 heteroatoms. The fourth-order valence-electron chi connectivity index (χ4n) is 3.02. The Morgan fingerprint density at radius 3 is 2.63 bits per heavy atom. The molecule has 0 fully saturated rings. The number of hydrogen-bond acceptors (Lipinski definition) is 5. The van der Waals surface area contributed by atoms with Crippen LogP contribution in [-0.2, 0) is 24.2 Å². The van der Waals surface area contributed by atoms with Crippen molar-refractivity contribution in [3.63, 3.8) is 0 Å². The van der Waals surface area contributed by atoms with Crippen LogP contribution in [0.2, 0.25) is 0 Å². The minimum atomic E-state index is -2.91. The molecule has 0 atom stereocenters. The molecular weight excluding hydrogens is 395 g/mol. The van der Waals surface area contributed by atoms with Crippen molar-refractivity contribution < 1.29 is 23.0 Å². The zero-order valence-electron chi connectivity index (χ0n) is 17.4. The van der Waals surface area contributed by atoms with E-state index < -0.39 is 17.8 Å². The van der Waals surface area contributed by atoms with Crippen molar-refractivity contribution in [3.05, 3.63) is 52.2 Å². The van der Waals surface area contributed by atoms with E-state index in [2.05, 4.69) is 21.9 Å². The van der Waals surface area contributed by atoms with Gasteiger partial charge in [0.1, 0.15) is 12.4 Å². The van der Waals surface area contributed by atoms with Gasteiger partial charge in [-0.15, -0.1) is 0 Å². The number of aliphatic imine (C=N–C) groups is 1. The van der Waals surface area contributed by atoms with E-state index in [-0.39, 0.29) is 18.0 Å². The van der Waals surface area contributed by atoms with E-state index in [4.69, 9.17) is 4.74 Å². The normalized spacial score (nSPS) is 11.7. The first-order valence-electron chi connectivity index (χ1n) is 10.2. The first-order chi connectivity index (χ1) is 14.5. The second-order valence-corrected chi connectivity index (χ2v) is 6.78. The molecule has 2 aromatic rings. The van der Waals surface area contributed by atoms with Gasteiger partial charge < -0.3 is 9.84 Å². The zero-order chi connectivity index (χ0) is 21.9. The van der Waals surface area contributed by atoms with Gasteiger partial charge in [-0.05, 0) is 32.1 Å². The highest BCUT2D eigenvalue weighted by Gasteiger charge is 2.16. The molecule has 5 nitrogen and oxygen atoms in total. The number of nitrogens with zero attached hydrogens (tertiary/aromatic N) is 3. The predicted octanol–water partition coefficient (Wildman–Crippen LogP) is 5.11. The Morgan fingerprint density at radius 2 is 1.97 bits per heavy atom. The first-order valence-corrected chi connectivity index (χ1v) is 10.2. The third kappa shape index (κ3) is 6.60. The number of aliphatic hydroxyl groups excluding tert-OH is 1. The molecule has 0 radical (unpaired) electrons. The highest BCUT2D eigenvalue weighted by atomic mass is 19.3. The number of unbranched alkanes of at least 4 members (excludes halogenated alkanes) is 1. The summed E-state index contributed by atoms with van der Waals surface area (Å²) in [6.45, 7) is 5.06. The fourth-order valence-corrected chi connectivity index (χ4v) is 3.02. The van der Waals surface area contributed by atoms with Crippen LogP contribution in [0.25, 0.3) is 0 Å². The Bertz CT molecular complexity index is 845. The van der Waals surface area contributed by atoms with E-state index in [9.17, 15) is 18.3 Å². The minimum Gasteiger partial charge on any atom is -0.388 e. The predicted molar refractivity (Wildman–Crippen MR) is 110 cm³/mol. The molecule has 164 valence electrons. The van der Waals surface area contributed by atoms with Crippen LogP contribution in [0.1, 0.15) is 67.7 Å². The lowest BCUT2D eigenvalue weighted by Crippen LogP contribution is -2.06. The van der Waals surface area contributed by atoms with Crippen molar-refractivity contribution in [2.45, 2.75) is 59.0 Å². The van der Waals surface area contributed by atoms with Crippen molar-refractivity contribution in [2.75, 3.05) is 13.2 Å². The largest absolute Gasteiger partial charge is 0.388 e. The van der Waals surface area contributed by atoms with Crippen LogP contribution in [0.15, 0.2) is 23.2 Å². The molecular formula is C22H28F3N3O2. The van der Waals surface area contributed by atoms with Gasteiger partial charge in [-0.25, -0.2) is 28.1 Å². The van der Waals surface area contributed by atoms with E-state index in [0.29, 0.717) is 25.3 Å². The lowest BCUT2D eigenvalue weighted by Gasteiger charge is -2.11. The van der Waals surface area contributed by atoms with E-state index in [1.807, 2.05) is 6.92 Å². The average molecular weight is 423 g/mol. The number of aryl methyl sites for hydroxylation is 1. The molecule has 0 unspecified atom stereocenters. The van der Waals surface area contributed by atoms with Crippen molar-refractivity contribution in [1.29, 1.82) is 0 Å². The average Bonchev–Trinajstić information content (AvgIpc) is 2.74. The van der Waals surface area contributed by atoms with Gasteiger partial charge >= 0.3 is 0 Å². The molecule has 0 aliphatic heterocycles. The highest BCUT2D eigenvalue weighted by Crippen LogP contribution is 2.25. The molecule has 1 N–H and O–H groups in total. The molecule has 0 saturated carbocycles. The van der Waals surface area contributed by atoms with Crippen LogP contribution in [0, 0.1) is 5.82 Å². The summed E-state index contributed by atoms with van der Waals surface area (Å²) < 4.78 is 45.6. The number of rotatable bonds is 12. The van der Waals surface area contributed by atoms with Crippen molar-refractivity contribution in [3.8, 4) is 0 Å². The molecule has 1 aromatic heterocycles. The molecule has 0 saturated heterocycles. The van der Waals surface area contributed by atoms with Crippen LogP contribution in [0.4, 0.5) is 19.0 Å². The van der Waals surface area contributed by atoms with Gasteiger partial charge in [-0.1, -0.05) is 32.0 Å². The Morgan fingerprint density at radius 1 is 1.17 bits per heavy atom. The van der Waals surface area contributed by atoms with Gasteiger partial charge in [0, 0.05) is 36.2 Å². The van der Waals surface area contributed by atoms with Crippen LogP contribution >= 0.6 is 0 Å². The second-order valence-electron chi connectivity index (χ2n) is 6.78. The Kier molecular flexibility index (Phi) is 9.89. The summed E-state index contributed by atoms with van der Waals surface area (Å²) >= 11 is 0. The third-order valence-corrected chi connectivity index (χ3v) is 4.53. The van der Waals surface area contributed by atoms with Crippen LogP contribution in [0.5, 0.6) is 0 Å². The minimum absolute atomic E-state index is 0.0476. The number of aliphatic hydroxyl groups is 1. The van der Waals surface area contributed by atoms with Crippen molar-refractivity contribution >= 4 is 12.0 Å². The topological polar surface area (TPSA) is 67.6 Å². The van der Waals surface area contributed by atoms with Gasteiger partial charge in [-0.2, -0.15) is 0 Å². The molecule has 0 bridgehead atoms. The smallest absolute Gasteiger partial charge is 0.266 e. The van der Waals surface area contributed by atoms with Gasteiger partial charge in [-0.3, -0.25) is 0 Å². The second kappa shape index (κ2) is 12.4. The Balaban J connectivity index is 2.25. The first kappa shape index (κ1) is 24.0. The van der Waals surface area contributed by atoms with Crippen LogP contribution in [0.3, 0.4) is 0 Å². The van der Waals surface area contributed by atoms with Gasteiger partial charge in [0.25, 0.3) is 6.43 Å². The quantitative estimate of drug-likeness (QED) is 0.381. The van der Waals surface area contributed by atoms with Crippen molar-refractivity contribution in [1.82, 2.24) is 9.97 Å². The maximum absolute atomic E-state index is 14.3. The fraction of sp³-hybridized carbons (Fsp3) is 0.500. The number of hydrogen-bond donors (Lipinski definition) is 1. The SMILES string of the molecule is CCCOCCCCc1nc(CO)nc(N=Cc2cccc(C(F)F)c2F)c1CC. The molecule has 0 aliphatic rings. The molecule has 2 rings (SSSR count). The van der Waals surface area contributed by atoms with E-state index >= 15 is 0 Å². The lowest BCUT2D eigenvalue weighted by molar-refractivity contribution is 0.131. The van der Waals surface area contributed by atoms with Gasteiger partial charge in [0.05, 0.1) is 5.56 Å². The number of ether oxygens (including phenoxy) is 1. The maximum atomic E-state index is 14.3. The summed E-state index contributed by atoms with van der Waals surface area (Å²) in [5.74, 6) is -0.466. The Labute approximate surface area is 175 Å². The maximum Gasteiger partial charge on any atom is 0.266 e. The number of alkyl halides is 2. The summed E-state index contributed by atoms with van der Waals surface area (Å²) in [5.41, 5.74) is 0.859. The summed E-state index contributed by atoms with van der Waals surface area (Å²) in [4.78, 5) is 12.9. The van der Waals surface area contributed by atoms with Crippen molar-refractivity contribution in [2.24, 2.45) is 4.99 Å². The van der Waals surface area contributed by atoms with E-state index in [1.54, 1.807) is 0 Å². The summed E-state index contributed by atoms with van der Waals surface area (Å²) in [5, 5.41) is 9.51. The van der Waals surface area contributed by atoms with Crippen LogP contribution < -0.4 is 0 Å². The lowest BCUT2D eigenvalue weighted by atomic mass is 10.1. The summed E-state index contributed by atoms with van der Waals surface area (Å²) in [6.07, 6.45) is 2.27. The molecule has 0 aliphatic carbocycles. The van der Waals surface area contributed by atoms with Gasteiger partial charge in [0.15, 0.2) is 11.6 Å². The van der Waals surface area contributed by atoms with Gasteiger partial charge in [0.2, 0.25) is 0 Å². The van der Waals surface area contributed by atoms with E-state index in [0.717, 1.165) is 43.2 Å². The molecule has 0 amide bonds. The zero-order valence-corrected chi connectivity index (χ0v) is 17.4.